The zero-order chi connectivity index (χ0) is 12.4. The van der Waals surface area contributed by atoms with E-state index < -0.39 is 20.0 Å². The molecule has 0 saturated heterocycles. The van der Waals surface area contributed by atoms with Crippen LogP contribution in [0.2, 0.25) is 19.6 Å². The molecular weight excluding hydrogens is 227 g/mol. The van der Waals surface area contributed by atoms with Gasteiger partial charge in [0.1, 0.15) is 0 Å². The normalized spacial score (nSPS) is 25.9. The van der Waals surface area contributed by atoms with E-state index in [1.165, 1.54) is 7.11 Å². The molecule has 0 fully saturated rings. The van der Waals surface area contributed by atoms with Gasteiger partial charge in [-0.2, -0.15) is 0 Å². The molecule has 1 rings (SSSR count). The molecule has 16 heavy (non-hydrogen) atoms. The summed E-state index contributed by atoms with van der Waals surface area (Å²) in [5.74, 6) is 0.0344. The molecule has 0 aromatic carbocycles. The quantitative estimate of drug-likeness (QED) is 0.567. The van der Waals surface area contributed by atoms with E-state index in [0.717, 1.165) is 5.76 Å². The molecule has 0 saturated carbocycles. The smallest absolute Gasteiger partial charge is 0.343 e. The fourth-order valence-electron chi connectivity index (χ4n) is 1.66. The van der Waals surface area contributed by atoms with Gasteiger partial charge in [0.25, 0.3) is 0 Å². The minimum Gasteiger partial charge on any atom is -0.548 e. The van der Waals surface area contributed by atoms with Crippen LogP contribution in [0.25, 0.3) is 0 Å². The second kappa shape index (κ2) is 4.57. The Hall–Kier alpha value is -0.843. The van der Waals surface area contributed by atoms with E-state index in [0.29, 0.717) is 6.42 Å². The van der Waals surface area contributed by atoms with Crippen LogP contribution in [0, 0.1) is 0 Å². The molecule has 0 bridgehead atoms. The summed E-state index contributed by atoms with van der Waals surface area (Å²) in [7, 11) is -0.424. The minimum absolute atomic E-state index is 0.0550. The Bertz CT molecular complexity index is 309. The number of rotatable bonds is 3. The molecular formula is C11H19FO3Si. The number of alkyl halides is 1. The summed E-state index contributed by atoms with van der Waals surface area (Å²) in [5.41, 5.74) is -1.86. The van der Waals surface area contributed by atoms with Gasteiger partial charge in [-0.05, 0) is 32.1 Å². The number of methoxy groups -OCH3 is 1. The van der Waals surface area contributed by atoms with Crippen LogP contribution in [0.1, 0.15) is 19.3 Å². The Labute approximate surface area is 96.8 Å². The fourth-order valence-corrected chi connectivity index (χ4v) is 2.63. The van der Waals surface area contributed by atoms with E-state index in [2.05, 4.69) is 24.4 Å². The van der Waals surface area contributed by atoms with Gasteiger partial charge in [-0.25, -0.2) is 9.18 Å². The van der Waals surface area contributed by atoms with Gasteiger partial charge in [0.15, 0.2) is 0 Å². The highest BCUT2D eigenvalue weighted by atomic mass is 28.4. The number of carbonyl (C=O) groups is 1. The Balaban J connectivity index is 2.64. The molecule has 0 aromatic heterocycles. The lowest BCUT2D eigenvalue weighted by Crippen LogP contribution is -2.37. The van der Waals surface area contributed by atoms with E-state index in [9.17, 15) is 9.18 Å². The number of carbonyl (C=O) groups excluding carboxylic acids is 1. The Kier molecular flexibility index (Phi) is 3.78. The lowest BCUT2D eigenvalue weighted by molar-refractivity contribution is -0.155. The van der Waals surface area contributed by atoms with Gasteiger partial charge < -0.3 is 9.16 Å². The van der Waals surface area contributed by atoms with Crippen molar-refractivity contribution in [1.29, 1.82) is 0 Å². The van der Waals surface area contributed by atoms with Crippen LogP contribution in [0.4, 0.5) is 4.39 Å². The topological polar surface area (TPSA) is 35.5 Å². The first kappa shape index (κ1) is 13.2. The van der Waals surface area contributed by atoms with Crippen LogP contribution in [-0.2, 0) is 14.0 Å². The SMILES string of the molecule is COC(=O)[C@]1(F)CC=C(O[Si](C)(C)C)CC1. The van der Waals surface area contributed by atoms with Crippen LogP contribution < -0.4 is 0 Å². The van der Waals surface area contributed by atoms with Crippen LogP contribution >= 0.6 is 0 Å². The lowest BCUT2D eigenvalue weighted by Gasteiger charge is -2.29. The van der Waals surface area contributed by atoms with Crippen molar-refractivity contribution < 1.29 is 18.3 Å². The summed E-state index contributed by atoms with van der Waals surface area (Å²) in [6.07, 6.45) is 2.35. The van der Waals surface area contributed by atoms with Crippen molar-refractivity contribution in [3.8, 4) is 0 Å². The highest BCUT2D eigenvalue weighted by Crippen LogP contribution is 2.33. The summed E-state index contributed by atoms with van der Waals surface area (Å²) in [4.78, 5) is 11.2. The zero-order valence-electron chi connectivity index (χ0n) is 10.3. The number of allylic oxidation sites excluding steroid dienone is 2. The molecule has 3 nitrogen and oxygen atoms in total. The maximum absolute atomic E-state index is 14.0. The van der Waals surface area contributed by atoms with Crippen LogP contribution in [-0.4, -0.2) is 27.1 Å². The molecule has 1 aliphatic carbocycles. The largest absolute Gasteiger partial charge is 0.548 e. The van der Waals surface area contributed by atoms with Gasteiger partial charge in [0.2, 0.25) is 14.0 Å². The predicted octanol–water partition coefficient (Wildman–Crippen LogP) is 2.79. The molecule has 0 spiro atoms. The lowest BCUT2D eigenvalue weighted by atomic mass is 9.90. The highest BCUT2D eigenvalue weighted by Gasteiger charge is 2.41. The number of halogens is 1. The third-order valence-electron chi connectivity index (χ3n) is 2.41. The van der Waals surface area contributed by atoms with Crippen molar-refractivity contribution >= 4 is 14.3 Å². The molecule has 5 heteroatoms. The molecule has 0 heterocycles. The van der Waals surface area contributed by atoms with E-state index in [-0.39, 0.29) is 12.8 Å². The third kappa shape index (κ3) is 3.33. The second-order valence-corrected chi connectivity index (χ2v) is 9.47. The molecule has 0 aliphatic heterocycles. The van der Waals surface area contributed by atoms with Crippen LogP contribution in [0.5, 0.6) is 0 Å². The van der Waals surface area contributed by atoms with Gasteiger partial charge >= 0.3 is 5.97 Å². The van der Waals surface area contributed by atoms with Gasteiger partial charge in [-0.3, -0.25) is 0 Å². The van der Waals surface area contributed by atoms with Crippen LogP contribution in [0.3, 0.4) is 0 Å². The van der Waals surface area contributed by atoms with Crippen molar-refractivity contribution in [1.82, 2.24) is 0 Å². The average Bonchev–Trinajstić information content (AvgIpc) is 2.18. The Morgan fingerprint density at radius 2 is 2.12 bits per heavy atom. The van der Waals surface area contributed by atoms with E-state index in [1.807, 2.05) is 0 Å². The molecule has 0 N–H and O–H groups in total. The standard InChI is InChI=1S/C11H19FO3Si/c1-14-10(13)11(12)7-5-9(6-8-11)15-16(2,3)4/h5H,6-8H2,1-4H3/t11-/m0/s1. The van der Waals surface area contributed by atoms with Gasteiger partial charge in [0, 0.05) is 12.8 Å². The summed E-state index contributed by atoms with van der Waals surface area (Å²) < 4.78 is 24.2. The number of ether oxygens (including phenoxy) is 1. The Morgan fingerprint density at radius 1 is 1.50 bits per heavy atom. The fraction of sp³-hybridized carbons (Fsp3) is 0.727. The Morgan fingerprint density at radius 3 is 2.50 bits per heavy atom. The van der Waals surface area contributed by atoms with Crippen molar-refractivity contribution in [2.24, 2.45) is 0 Å². The maximum atomic E-state index is 14.0. The number of hydrogen-bond acceptors (Lipinski definition) is 3. The van der Waals surface area contributed by atoms with E-state index in [4.69, 9.17) is 4.43 Å². The molecule has 0 amide bonds. The van der Waals surface area contributed by atoms with Crippen molar-refractivity contribution in [2.45, 2.75) is 44.6 Å². The van der Waals surface area contributed by atoms with Crippen LogP contribution in [0.15, 0.2) is 11.8 Å². The third-order valence-corrected chi connectivity index (χ3v) is 3.28. The van der Waals surface area contributed by atoms with Crippen molar-refractivity contribution in [2.75, 3.05) is 7.11 Å². The van der Waals surface area contributed by atoms with E-state index >= 15 is 0 Å². The summed E-state index contributed by atoms with van der Waals surface area (Å²) in [5, 5.41) is 0. The minimum atomic E-state index is -1.86. The van der Waals surface area contributed by atoms with Gasteiger partial charge in [-0.1, -0.05) is 0 Å². The van der Waals surface area contributed by atoms with E-state index in [1.54, 1.807) is 6.08 Å². The molecule has 1 aliphatic rings. The molecule has 0 radical (unpaired) electrons. The maximum Gasteiger partial charge on any atom is 0.343 e. The first-order valence-corrected chi connectivity index (χ1v) is 8.83. The molecule has 1 atom stereocenters. The number of hydrogen-bond donors (Lipinski definition) is 0. The summed E-state index contributed by atoms with van der Waals surface area (Å²) in [6.45, 7) is 6.22. The molecule has 0 unspecified atom stereocenters. The number of esters is 1. The second-order valence-electron chi connectivity index (χ2n) is 5.05. The monoisotopic (exact) mass is 246 g/mol. The first-order chi connectivity index (χ1) is 7.27. The van der Waals surface area contributed by atoms with Gasteiger partial charge in [-0.15, -0.1) is 0 Å². The summed E-state index contributed by atoms with van der Waals surface area (Å²) >= 11 is 0. The average molecular weight is 246 g/mol. The van der Waals surface area contributed by atoms with Crippen molar-refractivity contribution in [3.63, 3.8) is 0 Å². The zero-order valence-corrected chi connectivity index (χ0v) is 11.3. The first-order valence-electron chi connectivity index (χ1n) is 5.42. The predicted molar refractivity (Wildman–Crippen MR) is 62.2 cm³/mol. The highest BCUT2D eigenvalue weighted by molar-refractivity contribution is 6.70. The summed E-state index contributed by atoms with van der Waals surface area (Å²) in [6, 6.07) is 0. The molecule has 92 valence electrons. The van der Waals surface area contributed by atoms with Crippen molar-refractivity contribution in [3.05, 3.63) is 11.8 Å². The molecule has 0 aromatic rings. The van der Waals surface area contributed by atoms with Gasteiger partial charge in [0.05, 0.1) is 12.9 Å².